The average Bonchev–Trinajstić information content (AvgIpc) is 2.42. The number of carboxylic acids is 1. The Kier molecular flexibility index (Phi) is 10.3. The fourth-order valence-corrected chi connectivity index (χ4v) is 1.83. The number of carboxylic acid groups (broad SMARTS) is 1. The molecule has 0 atom stereocenters. The van der Waals surface area contributed by atoms with Crippen LogP contribution in [-0.2, 0) is 16.0 Å². The Labute approximate surface area is 131 Å². The molecule has 2 N–H and O–H groups in total. The maximum Gasteiger partial charge on any atom is 0.304 e. The van der Waals surface area contributed by atoms with Gasteiger partial charge >= 0.3 is 5.97 Å². The second kappa shape index (κ2) is 11.1. The Bertz CT molecular complexity index is 426. The first kappa shape index (κ1) is 19.4. The Morgan fingerprint density at radius 1 is 1.24 bits per heavy atom. The number of nitrogens with zero attached hydrogens (tertiary/aromatic N) is 1. The highest BCUT2D eigenvalue weighted by molar-refractivity contribution is 5.85. The summed E-state index contributed by atoms with van der Waals surface area (Å²) in [5, 5.41) is 11.4. The maximum absolute atomic E-state index is 11.6. The first-order chi connectivity index (χ1) is 9.58. The van der Waals surface area contributed by atoms with E-state index in [-0.39, 0.29) is 31.3 Å². The van der Waals surface area contributed by atoms with Gasteiger partial charge in [-0.2, -0.15) is 0 Å². The molecule has 1 amide bonds. The van der Waals surface area contributed by atoms with Gasteiger partial charge in [-0.15, -0.1) is 12.4 Å². The fraction of sp³-hybridized carbons (Fsp3) is 0.467. The van der Waals surface area contributed by atoms with Gasteiger partial charge in [-0.05, 0) is 25.5 Å². The van der Waals surface area contributed by atoms with Crippen molar-refractivity contribution in [1.82, 2.24) is 10.2 Å². The first-order valence-corrected chi connectivity index (χ1v) is 6.79. The standard InChI is InChI=1S/C15H22N2O3.ClH/c1-17(11-9-15(19)20)12-14(18)16-10-5-8-13-6-3-2-4-7-13;/h2-4,6-7H,5,8-12H2,1H3,(H,16,18)(H,19,20);1H. The molecule has 1 aromatic rings. The molecule has 21 heavy (non-hydrogen) atoms. The molecule has 118 valence electrons. The number of carbonyl (C=O) groups is 2. The molecule has 0 fully saturated rings. The lowest BCUT2D eigenvalue weighted by atomic mass is 10.1. The van der Waals surface area contributed by atoms with E-state index in [2.05, 4.69) is 17.4 Å². The van der Waals surface area contributed by atoms with Crippen LogP contribution in [0.15, 0.2) is 30.3 Å². The van der Waals surface area contributed by atoms with Crippen molar-refractivity contribution in [3.63, 3.8) is 0 Å². The Morgan fingerprint density at radius 2 is 1.90 bits per heavy atom. The lowest BCUT2D eigenvalue weighted by molar-refractivity contribution is -0.137. The molecule has 0 radical (unpaired) electrons. The topological polar surface area (TPSA) is 69.6 Å². The van der Waals surface area contributed by atoms with Crippen LogP contribution < -0.4 is 5.32 Å². The summed E-state index contributed by atoms with van der Waals surface area (Å²) < 4.78 is 0. The zero-order valence-corrected chi connectivity index (χ0v) is 13.1. The minimum Gasteiger partial charge on any atom is -0.481 e. The van der Waals surface area contributed by atoms with E-state index in [4.69, 9.17) is 5.11 Å². The summed E-state index contributed by atoms with van der Waals surface area (Å²) in [6, 6.07) is 10.1. The molecule has 0 aliphatic carbocycles. The molecule has 0 bridgehead atoms. The molecule has 0 aliphatic rings. The summed E-state index contributed by atoms with van der Waals surface area (Å²) in [6.07, 6.45) is 1.89. The second-order valence-electron chi connectivity index (χ2n) is 4.82. The SMILES string of the molecule is CN(CCC(=O)O)CC(=O)NCCCc1ccccc1.Cl. The van der Waals surface area contributed by atoms with E-state index in [0.29, 0.717) is 13.1 Å². The van der Waals surface area contributed by atoms with Crippen molar-refractivity contribution in [3.8, 4) is 0 Å². The third-order valence-corrected chi connectivity index (χ3v) is 2.93. The van der Waals surface area contributed by atoms with Crippen LogP contribution in [-0.4, -0.2) is 48.6 Å². The number of aliphatic carboxylic acids is 1. The molecule has 0 spiro atoms. The molecule has 5 nitrogen and oxygen atoms in total. The summed E-state index contributed by atoms with van der Waals surface area (Å²) in [5.41, 5.74) is 1.26. The van der Waals surface area contributed by atoms with Gasteiger partial charge in [0.25, 0.3) is 0 Å². The number of hydrogen-bond donors (Lipinski definition) is 2. The lowest BCUT2D eigenvalue weighted by Crippen LogP contribution is -2.36. The molecule has 0 heterocycles. The van der Waals surface area contributed by atoms with Crippen molar-refractivity contribution in [1.29, 1.82) is 0 Å². The van der Waals surface area contributed by atoms with Crippen LogP contribution in [0.5, 0.6) is 0 Å². The van der Waals surface area contributed by atoms with Crippen LogP contribution in [0, 0.1) is 0 Å². The van der Waals surface area contributed by atoms with Crippen molar-refractivity contribution in [2.24, 2.45) is 0 Å². The van der Waals surface area contributed by atoms with Gasteiger partial charge in [0.15, 0.2) is 0 Å². The molecular formula is C15H23ClN2O3. The van der Waals surface area contributed by atoms with Gasteiger partial charge in [-0.25, -0.2) is 0 Å². The number of hydrogen-bond acceptors (Lipinski definition) is 3. The highest BCUT2D eigenvalue weighted by atomic mass is 35.5. The Morgan fingerprint density at radius 3 is 2.52 bits per heavy atom. The fourth-order valence-electron chi connectivity index (χ4n) is 1.83. The number of carbonyl (C=O) groups excluding carboxylic acids is 1. The van der Waals surface area contributed by atoms with E-state index in [0.717, 1.165) is 12.8 Å². The average molecular weight is 315 g/mol. The molecule has 1 rings (SSSR count). The van der Waals surface area contributed by atoms with E-state index in [1.165, 1.54) is 5.56 Å². The number of benzene rings is 1. The molecular weight excluding hydrogens is 292 g/mol. The molecule has 6 heteroatoms. The first-order valence-electron chi connectivity index (χ1n) is 6.79. The smallest absolute Gasteiger partial charge is 0.304 e. The molecule has 0 aliphatic heterocycles. The predicted molar refractivity (Wildman–Crippen MR) is 84.8 cm³/mol. The van der Waals surface area contributed by atoms with E-state index >= 15 is 0 Å². The van der Waals surface area contributed by atoms with Gasteiger partial charge in [0.05, 0.1) is 13.0 Å². The van der Waals surface area contributed by atoms with Crippen molar-refractivity contribution < 1.29 is 14.7 Å². The summed E-state index contributed by atoms with van der Waals surface area (Å²) >= 11 is 0. The van der Waals surface area contributed by atoms with Crippen LogP contribution in [0.3, 0.4) is 0 Å². The van der Waals surface area contributed by atoms with Crippen molar-refractivity contribution >= 4 is 24.3 Å². The Balaban J connectivity index is 0.00000400. The number of rotatable bonds is 9. The third kappa shape index (κ3) is 9.87. The molecule has 0 saturated carbocycles. The number of nitrogens with one attached hydrogen (secondary N) is 1. The van der Waals surface area contributed by atoms with Gasteiger partial charge in [-0.3, -0.25) is 14.5 Å². The van der Waals surface area contributed by atoms with Gasteiger partial charge < -0.3 is 10.4 Å². The minimum absolute atomic E-state index is 0. The van der Waals surface area contributed by atoms with Gasteiger partial charge in [0.1, 0.15) is 0 Å². The van der Waals surface area contributed by atoms with E-state index in [9.17, 15) is 9.59 Å². The molecule has 0 unspecified atom stereocenters. The van der Waals surface area contributed by atoms with Crippen molar-refractivity contribution in [3.05, 3.63) is 35.9 Å². The van der Waals surface area contributed by atoms with Crippen LogP contribution in [0.25, 0.3) is 0 Å². The molecule has 1 aromatic carbocycles. The second-order valence-corrected chi connectivity index (χ2v) is 4.82. The maximum atomic E-state index is 11.6. The Hall–Kier alpha value is -1.59. The van der Waals surface area contributed by atoms with Crippen LogP contribution in [0.1, 0.15) is 18.4 Å². The summed E-state index contributed by atoms with van der Waals surface area (Å²) in [5.74, 6) is -0.911. The quantitative estimate of drug-likeness (QED) is 0.679. The summed E-state index contributed by atoms with van der Waals surface area (Å²) in [4.78, 5) is 23.7. The van der Waals surface area contributed by atoms with Crippen molar-refractivity contribution in [2.75, 3.05) is 26.7 Å². The normalized spacial score (nSPS) is 10.0. The van der Waals surface area contributed by atoms with Crippen LogP contribution in [0.2, 0.25) is 0 Å². The summed E-state index contributed by atoms with van der Waals surface area (Å²) in [6.45, 7) is 1.26. The largest absolute Gasteiger partial charge is 0.481 e. The summed E-state index contributed by atoms with van der Waals surface area (Å²) in [7, 11) is 1.74. The lowest BCUT2D eigenvalue weighted by Gasteiger charge is -2.14. The van der Waals surface area contributed by atoms with Gasteiger partial charge in [0, 0.05) is 13.1 Å². The molecule has 0 saturated heterocycles. The zero-order valence-electron chi connectivity index (χ0n) is 12.2. The van der Waals surface area contributed by atoms with E-state index in [1.807, 2.05) is 18.2 Å². The number of halogens is 1. The number of aryl methyl sites for hydroxylation is 1. The minimum atomic E-state index is -0.847. The van der Waals surface area contributed by atoms with Crippen LogP contribution >= 0.6 is 12.4 Å². The van der Waals surface area contributed by atoms with Crippen molar-refractivity contribution in [2.45, 2.75) is 19.3 Å². The highest BCUT2D eigenvalue weighted by Crippen LogP contribution is 2.01. The predicted octanol–water partition coefficient (Wildman–Crippen LogP) is 1.56. The van der Waals surface area contributed by atoms with E-state index in [1.54, 1.807) is 11.9 Å². The zero-order chi connectivity index (χ0) is 14.8. The monoisotopic (exact) mass is 314 g/mol. The van der Waals surface area contributed by atoms with Crippen LogP contribution in [0.4, 0.5) is 0 Å². The highest BCUT2D eigenvalue weighted by Gasteiger charge is 2.07. The molecule has 0 aromatic heterocycles. The number of likely N-dealkylation sites (N-methyl/N-ethyl adjacent to an activating group) is 1. The van der Waals surface area contributed by atoms with E-state index < -0.39 is 5.97 Å². The third-order valence-electron chi connectivity index (χ3n) is 2.93. The van der Waals surface area contributed by atoms with Gasteiger partial charge in [0.2, 0.25) is 5.91 Å². The van der Waals surface area contributed by atoms with Gasteiger partial charge in [-0.1, -0.05) is 30.3 Å². The number of amides is 1.